The van der Waals surface area contributed by atoms with Crippen molar-refractivity contribution in [2.24, 2.45) is 11.8 Å². The topological polar surface area (TPSA) is 170 Å². The molecule has 20 heteroatoms. The van der Waals surface area contributed by atoms with Gasteiger partial charge in [0.2, 0.25) is 34.9 Å². The van der Waals surface area contributed by atoms with Crippen molar-refractivity contribution in [3.63, 3.8) is 0 Å². The molecule has 4 aromatic rings. The molecule has 0 unspecified atom stereocenters. The molecule has 2 aromatic carbocycles. The minimum Gasteiger partial charge on any atom is -0.481 e. The van der Waals surface area contributed by atoms with Crippen LogP contribution in [0.15, 0.2) is 73.1 Å². The number of ether oxygens (including phenoxy) is 4. The molecule has 10 atom stereocenters. The van der Waals surface area contributed by atoms with E-state index in [0.29, 0.717) is 22.9 Å². The Kier molecular flexibility index (Phi) is 12.1. The molecule has 0 radical (unpaired) electrons. The monoisotopic (exact) mass is 866 g/mol. The molecule has 4 fully saturated rings. The van der Waals surface area contributed by atoms with E-state index in [2.05, 4.69) is 30.3 Å². The van der Waals surface area contributed by atoms with Gasteiger partial charge in [-0.15, -0.1) is 0 Å². The number of rotatable bonds is 8. The van der Waals surface area contributed by atoms with Crippen LogP contribution in [0.2, 0.25) is 0 Å². The fourth-order valence-corrected chi connectivity index (χ4v) is 8.62. The number of fused-ring (bicyclic) bond motifs is 4. The largest absolute Gasteiger partial charge is 0.481 e. The van der Waals surface area contributed by atoms with E-state index in [1.165, 1.54) is 26.6 Å². The molecule has 6 heterocycles. The van der Waals surface area contributed by atoms with E-state index in [0.717, 1.165) is 36.4 Å². The van der Waals surface area contributed by atoms with E-state index in [9.17, 15) is 46.1 Å². The third-order valence-corrected chi connectivity index (χ3v) is 11.4. The van der Waals surface area contributed by atoms with Crippen LogP contribution in [-0.4, -0.2) is 82.8 Å². The van der Waals surface area contributed by atoms with Gasteiger partial charge in [-0.3, -0.25) is 9.59 Å². The minimum atomic E-state index is -4.62. The predicted molar refractivity (Wildman–Crippen MR) is 205 cm³/mol. The summed E-state index contributed by atoms with van der Waals surface area (Å²) in [4.78, 5) is 40.8. The minimum absolute atomic E-state index is 0.104. The van der Waals surface area contributed by atoms with Crippen LogP contribution in [0.3, 0.4) is 0 Å². The van der Waals surface area contributed by atoms with Gasteiger partial charge in [0, 0.05) is 60.6 Å². The quantitative estimate of drug-likeness (QED) is 0.106. The number of hydrogen-bond donors (Lipinski definition) is 4. The fourth-order valence-electron chi connectivity index (χ4n) is 8.62. The second-order valence-corrected chi connectivity index (χ2v) is 14.9. The summed E-state index contributed by atoms with van der Waals surface area (Å²) in [5, 5.41) is 25.6. The normalized spacial score (nSPS) is 27.0. The van der Waals surface area contributed by atoms with E-state index >= 15 is 0 Å². The average molecular weight is 867 g/mol. The summed E-state index contributed by atoms with van der Waals surface area (Å²) < 4.78 is 101. The first-order valence-corrected chi connectivity index (χ1v) is 18.9. The molecule has 4 N–H and O–H groups in total. The molecule has 0 spiro atoms. The molecule has 4 aliphatic heterocycles. The van der Waals surface area contributed by atoms with Gasteiger partial charge in [0.1, 0.15) is 0 Å². The van der Waals surface area contributed by atoms with Crippen LogP contribution in [0.4, 0.5) is 49.1 Å². The van der Waals surface area contributed by atoms with Crippen LogP contribution in [0.5, 0.6) is 11.8 Å². The lowest BCUT2D eigenvalue weighted by Crippen LogP contribution is -2.41. The van der Waals surface area contributed by atoms with Crippen molar-refractivity contribution >= 4 is 34.6 Å². The fraction of sp³-hybridized carbons (Fsp3) is 0.381. The van der Waals surface area contributed by atoms with Gasteiger partial charge >= 0.3 is 12.4 Å². The molecular weight excluding hydrogens is 830 g/mol. The molecule has 2 aromatic heterocycles. The smallest absolute Gasteiger partial charge is 0.416 e. The Labute approximate surface area is 349 Å². The van der Waals surface area contributed by atoms with E-state index in [-0.39, 0.29) is 35.6 Å². The first-order chi connectivity index (χ1) is 29.4. The molecule has 4 bridgehead atoms. The van der Waals surface area contributed by atoms with Crippen molar-refractivity contribution in [1.29, 1.82) is 0 Å². The molecule has 14 nitrogen and oxygen atoms in total. The van der Waals surface area contributed by atoms with Crippen molar-refractivity contribution in [1.82, 2.24) is 9.97 Å². The first kappa shape index (κ1) is 43.8. The lowest BCUT2D eigenvalue weighted by atomic mass is 9.74. The van der Waals surface area contributed by atoms with Gasteiger partial charge < -0.3 is 39.8 Å². The first-order valence-electron chi connectivity index (χ1n) is 18.9. The van der Waals surface area contributed by atoms with Crippen LogP contribution in [0, 0.1) is 25.0 Å². The maximum atomic E-state index is 13.2. The van der Waals surface area contributed by atoms with Crippen molar-refractivity contribution in [2.75, 3.05) is 24.9 Å². The van der Waals surface area contributed by atoms with Crippen molar-refractivity contribution in [3.8, 4) is 11.8 Å². The van der Waals surface area contributed by atoms with Crippen LogP contribution >= 0.6 is 0 Å². The molecule has 62 heavy (non-hydrogen) atoms. The number of nitrogens with one attached hydrogen (secondary N) is 2. The summed E-state index contributed by atoms with van der Waals surface area (Å²) in [6.45, 7) is 14.4. The molecule has 2 amide bonds. The summed E-state index contributed by atoms with van der Waals surface area (Å²) in [7, 11) is 2.89. The van der Waals surface area contributed by atoms with Gasteiger partial charge in [-0.1, -0.05) is 24.3 Å². The second kappa shape index (κ2) is 17.2. The zero-order valence-electron chi connectivity index (χ0n) is 32.5. The highest BCUT2D eigenvalue weighted by atomic mass is 19.4. The summed E-state index contributed by atoms with van der Waals surface area (Å²) in [5.41, 5.74) is -1.26. The van der Waals surface area contributed by atoms with Crippen LogP contribution in [-0.2, 0) is 31.4 Å². The number of hydrogen-bond acceptors (Lipinski definition) is 10. The number of amides is 2. The number of methoxy groups -OCH3 is 2. The number of alkyl halides is 6. The lowest BCUT2D eigenvalue weighted by Gasteiger charge is -2.30. The summed E-state index contributed by atoms with van der Waals surface area (Å²) in [6.07, 6.45) is -9.79. The number of anilines is 2. The zero-order valence-corrected chi connectivity index (χ0v) is 32.5. The highest BCUT2D eigenvalue weighted by molar-refractivity contribution is 5.98. The number of nitrogens with zero attached hydrogens (tertiary/aromatic N) is 4. The Morgan fingerprint density at radius 2 is 1.06 bits per heavy atom. The summed E-state index contributed by atoms with van der Waals surface area (Å²) in [6, 6.07) is 11.8. The highest BCUT2D eigenvalue weighted by Crippen LogP contribution is 2.51. The number of benzene rings is 2. The lowest BCUT2D eigenvalue weighted by molar-refractivity contribution is -0.138. The van der Waals surface area contributed by atoms with Crippen molar-refractivity contribution in [3.05, 3.63) is 118 Å². The average Bonchev–Trinajstić information content (AvgIpc) is 4.02. The van der Waals surface area contributed by atoms with Crippen molar-refractivity contribution in [2.45, 2.75) is 73.7 Å². The van der Waals surface area contributed by atoms with Gasteiger partial charge in [-0.05, 0) is 35.4 Å². The van der Waals surface area contributed by atoms with E-state index < -0.39 is 95.6 Å². The number of aliphatic hydroxyl groups is 2. The predicted octanol–water partition coefficient (Wildman–Crippen LogP) is 7.06. The molecule has 0 saturated carbocycles. The standard InChI is InChI=1S/2C21H18F3N3O4/c2*1-25-12-4-3-11(21(22,23)24)8-13(12)27-20(29)18-15-9-14(28)19(31-15)17(18)10-5-6-26-16(7-10)30-2/h2*3-8,14-15,17-19,28H,9H2,2H3,(H,27,29)/t2*14-,15+,17+,18-,19-/m10/s1. The zero-order chi connectivity index (χ0) is 44.7. The second-order valence-electron chi connectivity index (χ2n) is 14.9. The number of carbonyl (C=O) groups is 2. The van der Waals surface area contributed by atoms with E-state index in [4.69, 9.17) is 32.1 Å². The molecular formula is C42H36F6N6O8. The molecule has 324 valence electrons. The van der Waals surface area contributed by atoms with E-state index in [1.807, 2.05) is 0 Å². The Bertz CT molecular complexity index is 2270. The third-order valence-electron chi connectivity index (χ3n) is 11.4. The van der Waals surface area contributed by atoms with Crippen LogP contribution in [0.1, 0.15) is 46.9 Å². The number of carbonyl (C=O) groups excluding carboxylic acids is 2. The Morgan fingerprint density at radius 1 is 0.677 bits per heavy atom. The van der Waals surface area contributed by atoms with Crippen LogP contribution in [0.25, 0.3) is 9.69 Å². The van der Waals surface area contributed by atoms with Gasteiger partial charge in [0.15, 0.2) is 0 Å². The SMILES string of the molecule is [C-]#[N+]c1ccc(C(F)(F)F)cc1NC(=O)[C@@H]1[C@@H](c2ccnc(OC)c2)[C@H]2O[C@@H]1C[C@@H]2O.[C-]#[N+]c1ccc(C(F)(F)F)cc1NC(=O)[C@H]1[C@H](c2ccnc(OC)c2)[C@@H]2O[C@H]1C[C@H]2O. The summed E-state index contributed by atoms with van der Waals surface area (Å²) in [5.74, 6) is -3.15. The van der Waals surface area contributed by atoms with E-state index in [1.54, 1.807) is 24.3 Å². The summed E-state index contributed by atoms with van der Waals surface area (Å²) >= 11 is 0. The van der Waals surface area contributed by atoms with Crippen LogP contribution < -0.4 is 20.1 Å². The van der Waals surface area contributed by atoms with Crippen molar-refractivity contribution < 1.29 is 65.1 Å². The van der Waals surface area contributed by atoms with Gasteiger partial charge in [-0.2, -0.15) is 26.3 Å². The number of aromatic nitrogens is 2. The molecule has 0 aliphatic carbocycles. The Morgan fingerprint density at radius 3 is 1.40 bits per heavy atom. The maximum Gasteiger partial charge on any atom is 0.416 e. The Balaban J connectivity index is 0.000000186. The van der Waals surface area contributed by atoms with Gasteiger partial charge in [0.25, 0.3) is 0 Å². The number of pyridine rings is 2. The molecule has 4 aliphatic rings. The highest BCUT2D eigenvalue weighted by Gasteiger charge is 2.58. The van der Waals surface area contributed by atoms with Gasteiger partial charge in [0.05, 0.1) is 87.0 Å². The number of halogens is 6. The number of aliphatic hydroxyl groups excluding tert-OH is 2. The molecule has 8 rings (SSSR count). The maximum absolute atomic E-state index is 13.2. The van der Waals surface area contributed by atoms with Gasteiger partial charge in [-0.25, -0.2) is 19.7 Å². The Hall–Kier alpha value is -6.32. The molecule has 4 saturated heterocycles. The third kappa shape index (κ3) is 8.59.